The van der Waals surface area contributed by atoms with Crippen molar-refractivity contribution in [1.82, 2.24) is 9.97 Å². The van der Waals surface area contributed by atoms with E-state index in [9.17, 15) is 5.11 Å². The van der Waals surface area contributed by atoms with E-state index < -0.39 is 11.1 Å². The number of anilines is 2. The summed E-state index contributed by atoms with van der Waals surface area (Å²) in [5.74, 6) is 1.94. The Labute approximate surface area is 114 Å². The summed E-state index contributed by atoms with van der Waals surface area (Å²) in [7, 11) is 3.40. The monoisotopic (exact) mass is 268 g/mol. The van der Waals surface area contributed by atoms with Gasteiger partial charge in [-0.05, 0) is 27.7 Å². The van der Waals surface area contributed by atoms with Crippen LogP contribution in [0.2, 0.25) is 0 Å². The molecular weight excluding hydrogens is 244 g/mol. The third-order valence-corrected chi connectivity index (χ3v) is 3.27. The van der Waals surface area contributed by atoms with Gasteiger partial charge in [0.05, 0.1) is 11.1 Å². The highest BCUT2D eigenvalue weighted by atomic mass is 16.5. The van der Waals surface area contributed by atoms with Crippen molar-refractivity contribution in [2.75, 3.05) is 24.8 Å². The molecule has 0 fully saturated rings. The zero-order valence-corrected chi connectivity index (χ0v) is 12.5. The zero-order valence-electron chi connectivity index (χ0n) is 12.5. The topological polar surface area (TPSA) is 79.3 Å². The van der Waals surface area contributed by atoms with Crippen LogP contribution in [0.1, 0.15) is 33.5 Å². The Morgan fingerprint density at radius 1 is 1.21 bits per heavy atom. The van der Waals surface area contributed by atoms with Crippen molar-refractivity contribution in [3.63, 3.8) is 0 Å². The summed E-state index contributed by atoms with van der Waals surface area (Å²) < 4.78 is 5.05. The molecule has 0 saturated heterocycles. The minimum Gasteiger partial charge on any atom is -0.388 e. The predicted molar refractivity (Wildman–Crippen MR) is 76.3 cm³/mol. The molecule has 0 unspecified atom stereocenters. The normalized spacial score (nSPS) is 12.4. The lowest BCUT2D eigenvalue weighted by atomic mass is 9.86. The van der Waals surface area contributed by atoms with Crippen molar-refractivity contribution in [3.05, 3.63) is 11.9 Å². The van der Waals surface area contributed by atoms with Crippen LogP contribution in [0.5, 0.6) is 0 Å². The van der Waals surface area contributed by atoms with E-state index in [1.165, 1.54) is 0 Å². The van der Waals surface area contributed by atoms with Crippen LogP contribution in [-0.4, -0.2) is 40.4 Å². The quantitative estimate of drug-likeness (QED) is 0.727. The van der Waals surface area contributed by atoms with E-state index in [1.54, 1.807) is 34.1 Å². The fourth-order valence-electron chi connectivity index (χ4n) is 1.36. The second kappa shape index (κ2) is 5.71. The first-order chi connectivity index (χ1) is 8.69. The molecule has 3 N–H and O–H groups in total. The summed E-state index contributed by atoms with van der Waals surface area (Å²) in [6, 6.07) is 1.80. The van der Waals surface area contributed by atoms with Gasteiger partial charge in [0.2, 0.25) is 0 Å². The number of aromatic nitrogens is 2. The number of methoxy groups -OCH3 is 1. The smallest absolute Gasteiger partial charge is 0.158 e. The number of aliphatic hydroxyl groups is 1. The lowest BCUT2D eigenvalue weighted by Crippen LogP contribution is -2.51. The molecule has 0 aliphatic carbocycles. The Hall–Kier alpha value is -1.40. The van der Waals surface area contributed by atoms with Crippen molar-refractivity contribution in [1.29, 1.82) is 0 Å². The van der Waals surface area contributed by atoms with Crippen LogP contribution in [0, 0.1) is 0 Å². The van der Waals surface area contributed by atoms with Crippen LogP contribution in [0.15, 0.2) is 6.07 Å². The lowest BCUT2D eigenvalue weighted by molar-refractivity contribution is 0.0238. The molecule has 0 spiro atoms. The average Bonchev–Trinajstić information content (AvgIpc) is 2.26. The summed E-state index contributed by atoms with van der Waals surface area (Å²) in [6.07, 6.45) is 0. The van der Waals surface area contributed by atoms with E-state index in [0.717, 1.165) is 0 Å². The number of nitrogens with one attached hydrogen (secondary N) is 2. The molecule has 0 atom stereocenters. The van der Waals surface area contributed by atoms with Crippen LogP contribution >= 0.6 is 0 Å². The minimum atomic E-state index is -0.890. The Morgan fingerprint density at radius 3 is 2.26 bits per heavy atom. The zero-order chi connectivity index (χ0) is 14.7. The van der Waals surface area contributed by atoms with Crippen molar-refractivity contribution < 1.29 is 9.84 Å². The largest absolute Gasteiger partial charge is 0.388 e. The number of nitrogens with zero attached hydrogens (tertiary/aromatic N) is 2. The number of hydrogen-bond donors (Lipinski definition) is 3. The molecule has 0 aliphatic heterocycles. The SMILES string of the molecule is CNc1cc(NC(C)(C)C(C)(C)O)nc(COC)n1. The van der Waals surface area contributed by atoms with Gasteiger partial charge >= 0.3 is 0 Å². The van der Waals surface area contributed by atoms with Crippen molar-refractivity contribution in [2.45, 2.75) is 45.4 Å². The van der Waals surface area contributed by atoms with E-state index in [1.807, 2.05) is 13.8 Å². The van der Waals surface area contributed by atoms with Gasteiger partial charge in [-0.25, -0.2) is 9.97 Å². The van der Waals surface area contributed by atoms with Crippen molar-refractivity contribution in [3.8, 4) is 0 Å². The van der Waals surface area contributed by atoms with Gasteiger partial charge in [0, 0.05) is 20.2 Å². The highest BCUT2D eigenvalue weighted by molar-refractivity contribution is 5.49. The van der Waals surface area contributed by atoms with Crippen LogP contribution in [-0.2, 0) is 11.3 Å². The van der Waals surface area contributed by atoms with Crippen LogP contribution in [0.25, 0.3) is 0 Å². The first kappa shape index (κ1) is 15.7. The summed E-state index contributed by atoms with van der Waals surface area (Å²) in [4.78, 5) is 8.66. The van der Waals surface area contributed by atoms with Gasteiger partial charge in [-0.2, -0.15) is 0 Å². The lowest BCUT2D eigenvalue weighted by Gasteiger charge is -2.38. The first-order valence-electron chi connectivity index (χ1n) is 6.25. The minimum absolute atomic E-state index is 0.340. The first-order valence-corrected chi connectivity index (χ1v) is 6.25. The summed E-state index contributed by atoms with van der Waals surface area (Å²) >= 11 is 0. The van der Waals surface area contributed by atoms with Crippen LogP contribution < -0.4 is 10.6 Å². The highest BCUT2D eigenvalue weighted by Gasteiger charge is 2.35. The Morgan fingerprint density at radius 2 is 1.79 bits per heavy atom. The van der Waals surface area contributed by atoms with E-state index in [2.05, 4.69) is 20.6 Å². The molecule has 0 aromatic carbocycles. The van der Waals surface area contributed by atoms with Crippen LogP contribution in [0.3, 0.4) is 0 Å². The van der Waals surface area contributed by atoms with Gasteiger partial charge in [-0.1, -0.05) is 0 Å². The third-order valence-electron chi connectivity index (χ3n) is 3.27. The van der Waals surface area contributed by atoms with Gasteiger partial charge < -0.3 is 20.5 Å². The molecule has 1 aromatic rings. The van der Waals surface area contributed by atoms with Gasteiger partial charge in [-0.3, -0.25) is 0 Å². The molecule has 1 heterocycles. The standard InChI is InChI=1S/C13H24N4O2/c1-12(2,13(3,4)18)17-10-7-9(14-5)15-11(16-10)8-19-6/h7,18H,8H2,1-6H3,(H2,14,15,16,17). The number of ether oxygens (including phenoxy) is 1. The van der Waals surface area contributed by atoms with E-state index >= 15 is 0 Å². The second-order valence-corrected chi connectivity index (χ2v) is 5.55. The fourth-order valence-corrected chi connectivity index (χ4v) is 1.36. The maximum absolute atomic E-state index is 10.2. The molecule has 1 aromatic heterocycles. The number of hydrogen-bond acceptors (Lipinski definition) is 6. The predicted octanol–water partition coefficient (Wildman–Crippen LogP) is 1.63. The summed E-state index contributed by atoms with van der Waals surface area (Å²) in [5.41, 5.74) is -1.42. The molecule has 108 valence electrons. The van der Waals surface area contributed by atoms with Crippen LogP contribution in [0.4, 0.5) is 11.6 Å². The molecule has 6 nitrogen and oxygen atoms in total. The molecule has 0 bridgehead atoms. The van der Waals surface area contributed by atoms with Crippen molar-refractivity contribution >= 4 is 11.6 Å². The fraction of sp³-hybridized carbons (Fsp3) is 0.692. The van der Waals surface area contributed by atoms with Gasteiger partial charge in [0.1, 0.15) is 18.2 Å². The summed E-state index contributed by atoms with van der Waals surface area (Å²) in [5, 5.41) is 16.4. The Bertz CT molecular complexity index is 427. The maximum atomic E-state index is 10.2. The van der Waals surface area contributed by atoms with Gasteiger partial charge in [0.15, 0.2) is 5.82 Å². The highest BCUT2D eigenvalue weighted by Crippen LogP contribution is 2.25. The molecular formula is C13H24N4O2. The Kier molecular flexibility index (Phi) is 4.70. The Balaban J connectivity index is 3.03. The van der Waals surface area contributed by atoms with Gasteiger partial charge in [-0.15, -0.1) is 0 Å². The van der Waals surface area contributed by atoms with E-state index in [0.29, 0.717) is 24.1 Å². The molecule has 0 aliphatic rings. The maximum Gasteiger partial charge on any atom is 0.158 e. The molecule has 1 rings (SSSR count). The molecule has 0 saturated carbocycles. The molecule has 6 heteroatoms. The average molecular weight is 268 g/mol. The third kappa shape index (κ3) is 4.04. The van der Waals surface area contributed by atoms with E-state index in [4.69, 9.17) is 4.74 Å². The van der Waals surface area contributed by atoms with Gasteiger partial charge in [0.25, 0.3) is 0 Å². The number of rotatable bonds is 6. The summed E-state index contributed by atoms with van der Waals surface area (Å²) in [6.45, 7) is 7.70. The van der Waals surface area contributed by atoms with Crippen molar-refractivity contribution in [2.24, 2.45) is 0 Å². The molecule has 19 heavy (non-hydrogen) atoms. The second-order valence-electron chi connectivity index (χ2n) is 5.55. The van der Waals surface area contributed by atoms with E-state index in [-0.39, 0.29) is 0 Å². The molecule has 0 amide bonds. The molecule has 0 radical (unpaired) electrons.